The number of nitrogens with zero attached hydrogens (tertiary/aromatic N) is 2. The number of hydrogen-bond acceptors (Lipinski definition) is 5. The van der Waals surface area contributed by atoms with E-state index >= 15 is 0 Å². The molecule has 0 N–H and O–H groups in total. The van der Waals surface area contributed by atoms with Gasteiger partial charge in [0.15, 0.2) is 0 Å². The molecule has 0 saturated heterocycles. The third kappa shape index (κ3) is 1.49. The van der Waals surface area contributed by atoms with E-state index in [9.17, 15) is 20.2 Å². The van der Waals surface area contributed by atoms with Gasteiger partial charge in [0.25, 0.3) is 5.69 Å². The molecule has 0 saturated carbocycles. The van der Waals surface area contributed by atoms with Crippen molar-refractivity contribution in [3.63, 3.8) is 0 Å². The summed E-state index contributed by atoms with van der Waals surface area (Å²) < 4.78 is 0. The highest BCUT2D eigenvalue weighted by Gasteiger charge is 2.16. The van der Waals surface area contributed by atoms with Crippen molar-refractivity contribution in [1.82, 2.24) is 0 Å². The summed E-state index contributed by atoms with van der Waals surface area (Å²) in [5, 5.41) is 21.0. The Balaban J connectivity index is 2.99. The minimum atomic E-state index is -0.663. The van der Waals surface area contributed by atoms with Crippen molar-refractivity contribution in [3.05, 3.63) is 31.7 Å². The van der Waals surface area contributed by atoms with Crippen LogP contribution in [-0.2, 0) is 0 Å². The van der Waals surface area contributed by atoms with Gasteiger partial charge in [0.1, 0.15) is 6.07 Å². The maximum Gasteiger partial charge on any atom is 0.331 e. The molecule has 0 radical (unpaired) electrons. The Labute approximate surface area is 64.4 Å². The summed E-state index contributed by atoms with van der Waals surface area (Å²) in [5.74, 6) is 0. The standard InChI is InChI=1S/C4H2N2O4S/c7-5(8)3-1-4(6(9)10)11-2-3/h1-2H. The maximum absolute atomic E-state index is 10.0. The van der Waals surface area contributed by atoms with Crippen molar-refractivity contribution < 1.29 is 9.85 Å². The molecule has 7 heteroatoms. The molecule has 0 amide bonds. The predicted octanol–water partition coefficient (Wildman–Crippen LogP) is 1.56. The van der Waals surface area contributed by atoms with Crippen LogP contribution >= 0.6 is 11.3 Å². The second-order valence-corrected chi connectivity index (χ2v) is 2.55. The summed E-state index contributed by atoms with van der Waals surface area (Å²) >= 11 is 0.745. The Bertz CT molecular complexity index is 278. The van der Waals surface area contributed by atoms with E-state index in [0.29, 0.717) is 0 Å². The maximum atomic E-state index is 10.0. The molecule has 0 aliphatic heterocycles. The van der Waals surface area contributed by atoms with E-state index in [-0.39, 0.29) is 10.7 Å². The first-order valence-corrected chi connectivity index (χ1v) is 3.36. The van der Waals surface area contributed by atoms with Gasteiger partial charge in [-0.15, -0.1) is 0 Å². The van der Waals surface area contributed by atoms with Crippen molar-refractivity contribution in [1.29, 1.82) is 0 Å². The SMILES string of the molecule is O=[N+]([O-])c1csc([N+](=O)[O-])c1. The van der Waals surface area contributed by atoms with Gasteiger partial charge >= 0.3 is 5.00 Å². The number of hydrogen-bond donors (Lipinski definition) is 0. The van der Waals surface area contributed by atoms with Crippen LogP contribution in [0.4, 0.5) is 10.7 Å². The molecule has 1 rings (SSSR count). The second kappa shape index (κ2) is 2.62. The average molecular weight is 174 g/mol. The molecule has 1 heterocycles. The van der Waals surface area contributed by atoms with Gasteiger partial charge in [-0.3, -0.25) is 20.2 Å². The molecule has 0 atom stereocenters. The van der Waals surface area contributed by atoms with Crippen molar-refractivity contribution in [2.45, 2.75) is 0 Å². The Morgan fingerprint density at radius 2 is 1.91 bits per heavy atom. The molecule has 0 unspecified atom stereocenters. The van der Waals surface area contributed by atoms with Gasteiger partial charge in [-0.05, 0) is 0 Å². The lowest BCUT2D eigenvalue weighted by molar-refractivity contribution is -0.390. The smallest absolute Gasteiger partial charge is 0.258 e. The van der Waals surface area contributed by atoms with Crippen LogP contribution in [-0.4, -0.2) is 9.85 Å². The average Bonchev–Trinajstić information content (AvgIpc) is 2.33. The fraction of sp³-hybridized carbons (Fsp3) is 0. The van der Waals surface area contributed by atoms with Gasteiger partial charge < -0.3 is 0 Å². The van der Waals surface area contributed by atoms with Gasteiger partial charge in [-0.1, -0.05) is 11.3 Å². The van der Waals surface area contributed by atoms with E-state index in [2.05, 4.69) is 0 Å². The van der Waals surface area contributed by atoms with Gasteiger partial charge in [0, 0.05) is 0 Å². The van der Waals surface area contributed by atoms with Crippen LogP contribution in [0.15, 0.2) is 11.4 Å². The Morgan fingerprint density at radius 1 is 1.27 bits per heavy atom. The molecule has 0 fully saturated rings. The minimum Gasteiger partial charge on any atom is -0.258 e. The van der Waals surface area contributed by atoms with Gasteiger partial charge in [-0.25, -0.2) is 0 Å². The Hall–Kier alpha value is -1.50. The Morgan fingerprint density at radius 3 is 2.18 bits per heavy atom. The van der Waals surface area contributed by atoms with Crippen LogP contribution in [0.2, 0.25) is 0 Å². The van der Waals surface area contributed by atoms with Crippen LogP contribution in [0.3, 0.4) is 0 Å². The van der Waals surface area contributed by atoms with E-state index in [1.165, 1.54) is 0 Å². The fourth-order valence-electron chi connectivity index (χ4n) is 0.507. The van der Waals surface area contributed by atoms with Crippen LogP contribution in [0, 0.1) is 20.2 Å². The van der Waals surface area contributed by atoms with Crippen LogP contribution in [0.25, 0.3) is 0 Å². The van der Waals surface area contributed by atoms with E-state index in [1.807, 2.05) is 0 Å². The molecule has 58 valence electrons. The molecular weight excluding hydrogens is 172 g/mol. The normalized spacial score (nSPS) is 9.45. The molecule has 0 aliphatic rings. The van der Waals surface area contributed by atoms with Gasteiger partial charge in [0.2, 0.25) is 0 Å². The largest absolute Gasteiger partial charge is 0.331 e. The molecule has 0 aliphatic carbocycles. The Kier molecular flexibility index (Phi) is 1.81. The van der Waals surface area contributed by atoms with Crippen molar-refractivity contribution in [2.24, 2.45) is 0 Å². The summed E-state index contributed by atoms with van der Waals surface area (Å²) in [5.41, 5.74) is -0.235. The first-order chi connectivity index (χ1) is 5.11. The minimum absolute atomic E-state index is 0.211. The summed E-state index contributed by atoms with van der Waals surface area (Å²) in [6, 6.07) is 0.935. The third-order valence-corrected chi connectivity index (χ3v) is 1.83. The molecule has 0 aromatic carbocycles. The van der Waals surface area contributed by atoms with Gasteiger partial charge in [-0.2, -0.15) is 0 Å². The first kappa shape index (κ1) is 7.61. The number of nitro groups is 2. The third-order valence-electron chi connectivity index (χ3n) is 0.963. The molecule has 0 bridgehead atoms. The lowest BCUT2D eigenvalue weighted by Gasteiger charge is -1.79. The zero-order valence-electron chi connectivity index (χ0n) is 5.09. The molecule has 11 heavy (non-hydrogen) atoms. The highest BCUT2D eigenvalue weighted by molar-refractivity contribution is 7.13. The van der Waals surface area contributed by atoms with Crippen LogP contribution in [0.1, 0.15) is 0 Å². The van der Waals surface area contributed by atoms with Crippen LogP contribution in [0.5, 0.6) is 0 Å². The van der Waals surface area contributed by atoms with E-state index in [0.717, 1.165) is 22.8 Å². The topological polar surface area (TPSA) is 86.3 Å². The number of rotatable bonds is 2. The first-order valence-electron chi connectivity index (χ1n) is 2.48. The summed E-state index contributed by atoms with van der Waals surface area (Å²) in [4.78, 5) is 18.7. The number of thiophene rings is 1. The zero-order valence-corrected chi connectivity index (χ0v) is 5.91. The van der Waals surface area contributed by atoms with Crippen LogP contribution < -0.4 is 0 Å². The highest BCUT2D eigenvalue weighted by Crippen LogP contribution is 2.27. The summed E-state index contributed by atoms with van der Waals surface area (Å²) in [6.45, 7) is 0. The summed E-state index contributed by atoms with van der Waals surface area (Å²) in [7, 11) is 0. The van der Waals surface area contributed by atoms with Gasteiger partial charge in [0.05, 0.1) is 15.2 Å². The van der Waals surface area contributed by atoms with Crippen molar-refractivity contribution in [3.8, 4) is 0 Å². The van der Waals surface area contributed by atoms with E-state index in [1.54, 1.807) is 0 Å². The van der Waals surface area contributed by atoms with E-state index < -0.39 is 9.85 Å². The lowest BCUT2D eigenvalue weighted by atomic mass is 10.5. The lowest BCUT2D eigenvalue weighted by Crippen LogP contribution is -1.84. The second-order valence-electron chi connectivity index (χ2n) is 1.66. The quantitative estimate of drug-likeness (QED) is 0.502. The molecule has 1 aromatic heterocycles. The zero-order chi connectivity index (χ0) is 8.43. The molecule has 0 spiro atoms. The highest BCUT2D eigenvalue weighted by atomic mass is 32.1. The fourth-order valence-corrected chi connectivity index (χ4v) is 1.18. The predicted molar refractivity (Wildman–Crippen MR) is 37.6 cm³/mol. The summed E-state index contributed by atoms with van der Waals surface area (Å²) in [6.07, 6.45) is 0. The van der Waals surface area contributed by atoms with E-state index in [4.69, 9.17) is 0 Å². The molecule has 1 aromatic rings. The monoisotopic (exact) mass is 174 g/mol. The molecular formula is C4H2N2O4S. The molecule has 6 nitrogen and oxygen atoms in total. The van der Waals surface area contributed by atoms with Crippen molar-refractivity contribution in [2.75, 3.05) is 0 Å². The van der Waals surface area contributed by atoms with Crippen molar-refractivity contribution >= 4 is 22.0 Å².